The highest BCUT2D eigenvalue weighted by atomic mass is 19.1. The normalized spacial score (nSPS) is 16.6. The Bertz CT molecular complexity index is 984. The SMILES string of the molecule is CC(=O)Oc1cccc(CNc2nc(F)nc3c2ncn3C2CCCO2)c1. The molecule has 140 valence electrons. The zero-order chi connectivity index (χ0) is 18.8. The molecule has 1 aliphatic rings. The van der Waals surface area contributed by atoms with Crippen LogP contribution in [-0.2, 0) is 16.1 Å². The number of hydrogen-bond donors (Lipinski definition) is 1. The summed E-state index contributed by atoms with van der Waals surface area (Å²) in [4.78, 5) is 23.1. The fourth-order valence-electron chi connectivity index (χ4n) is 3.07. The molecule has 0 saturated carbocycles. The van der Waals surface area contributed by atoms with Crippen molar-refractivity contribution in [1.82, 2.24) is 19.5 Å². The molecular weight excluding hydrogens is 353 g/mol. The molecule has 2 aromatic heterocycles. The number of nitrogens with one attached hydrogen (secondary N) is 1. The van der Waals surface area contributed by atoms with Gasteiger partial charge in [0.2, 0.25) is 0 Å². The molecule has 0 bridgehead atoms. The van der Waals surface area contributed by atoms with E-state index in [1.165, 1.54) is 6.92 Å². The van der Waals surface area contributed by atoms with E-state index in [9.17, 15) is 9.18 Å². The predicted molar refractivity (Wildman–Crippen MR) is 94.6 cm³/mol. The number of rotatable bonds is 5. The smallest absolute Gasteiger partial charge is 0.312 e. The molecule has 0 radical (unpaired) electrons. The Balaban J connectivity index is 1.58. The number of imidazole rings is 1. The molecule has 9 heteroatoms. The monoisotopic (exact) mass is 371 g/mol. The number of anilines is 1. The van der Waals surface area contributed by atoms with E-state index in [1.54, 1.807) is 29.1 Å². The quantitative estimate of drug-likeness (QED) is 0.419. The number of fused-ring (bicyclic) bond motifs is 1. The molecule has 1 fully saturated rings. The van der Waals surface area contributed by atoms with Crippen LogP contribution in [0.15, 0.2) is 30.6 Å². The van der Waals surface area contributed by atoms with Gasteiger partial charge >= 0.3 is 12.0 Å². The number of halogens is 1. The second-order valence-corrected chi connectivity index (χ2v) is 6.23. The number of aromatic nitrogens is 4. The molecule has 1 aliphatic heterocycles. The Labute approximate surface area is 154 Å². The van der Waals surface area contributed by atoms with Crippen molar-refractivity contribution in [2.24, 2.45) is 0 Å². The lowest BCUT2D eigenvalue weighted by molar-refractivity contribution is -0.131. The summed E-state index contributed by atoms with van der Waals surface area (Å²) >= 11 is 0. The van der Waals surface area contributed by atoms with E-state index in [4.69, 9.17) is 9.47 Å². The molecule has 1 aromatic carbocycles. The molecule has 3 aromatic rings. The summed E-state index contributed by atoms with van der Waals surface area (Å²) in [5.74, 6) is 0.356. The maximum absolute atomic E-state index is 14.0. The van der Waals surface area contributed by atoms with E-state index in [-0.39, 0.29) is 12.2 Å². The van der Waals surface area contributed by atoms with Gasteiger partial charge in [0, 0.05) is 20.1 Å². The largest absolute Gasteiger partial charge is 0.427 e. The lowest BCUT2D eigenvalue weighted by atomic mass is 10.2. The molecule has 0 aliphatic carbocycles. The molecule has 0 spiro atoms. The topological polar surface area (TPSA) is 91.2 Å². The molecule has 3 heterocycles. The van der Waals surface area contributed by atoms with Crippen LogP contribution in [0.4, 0.5) is 10.2 Å². The number of hydrogen-bond acceptors (Lipinski definition) is 7. The molecule has 4 rings (SSSR count). The van der Waals surface area contributed by atoms with Crippen molar-refractivity contribution in [1.29, 1.82) is 0 Å². The van der Waals surface area contributed by atoms with E-state index in [0.717, 1.165) is 18.4 Å². The summed E-state index contributed by atoms with van der Waals surface area (Å²) in [6.45, 7) is 2.37. The van der Waals surface area contributed by atoms with Crippen molar-refractivity contribution in [3.05, 3.63) is 42.2 Å². The number of benzene rings is 1. The number of nitrogens with zero attached hydrogens (tertiary/aromatic N) is 4. The zero-order valence-electron chi connectivity index (χ0n) is 14.7. The average molecular weight is 371 g/mol. The van der Waals surface area contributed by atoms with Crippen molar-refractivity contribution in [2.45, 2.75) is 32.5 Å². The van der Waals surface area contributed by atoms with Crippen molar-refractivity contribution >= 4 is 23.0 Å². The molecule has 1 saturated heterocycles. The van der Waals surface area contributed by atoms with Crippen LogP contribution in [0.1, 0.15) is 31.6 Å². The van der Waals surface area contributed by atoms with Crippen LogP contribution < -0.4 is 10.1 Å². The minimum absolute atomic E-state index is 0.183. The lowest BCUT2D eigenvalue weighted by Gasteiger charge is -2.12. The maximum Gasteiger partial charge on any atom is 0.312 e. The zero-order valence-corrected chi connectivity index (χ0v) is 14.7. The predicted octanol–water partition coefficient (Wildman–Crippen LogP) is 2.81. The Morgan fingerprint density at radius 1 is 1.44 bits per heavy atom. The van der Waals surface area contributed by atoms with Gasteiger partial charge in [0.1, 0.15) is 12.0 Å². The second-order valence-electron chi connectivity index (χ2n) is 6.23. The summed E-state index contributed by atoms with van der Waals surface area (Å²) in [6.07, 6.45) is 2.36. The highest BCUT2D eigenvalue weighted by Crippen LogP contribution is 2.28. The van der Waals surface area contributed by atoms with Gasteiger partial charge in [0.05, 0.1) is 6.33 Å². The third kappa shape index (κ3) is 3.72. The average Bonchev–Trinajstić information content (AvgIpc) is 3.28. The maximum atomic E-state index is 14.0. The number of ether oxygens (including phenoxy) is 2. The van der Waals surface area contributed by atoms with Crippen LogP contribution in [0.5, 0.6) is 5.75 Å². The Morgan fingerprint density at radius 2 is 2.33 bits per heavy atom. The van der Waals surface area contributed by atoms with Crippen LogP contribution in [0.3, 0.4) is 0 Å². The molecular formula is C18H18FN5O3. The fourth-order valence-corrected chi connectivity index (χ4v) is 3.07. The first kappa shape index (κ1) is 17.3. The van der Waals surface area contributed by atoms with Gasteiger partial charge in [-0.15, -0.1) is 0 Å². The second kappa shape index (κ2) is 7.28. The summed E-state index contributed by atoms with van der Waals surface area (Å²) in [7, 11) is 0. The van der Waals surface area contributed by atoms with E-state index < -0.39 is 6.08 Å². The van der Waals surface area contributed by atoms with Crippen molar-refractivity contribution < 1.29 is 18.7 Å². The highest BCUT2D eigenvalue weighted by molar-refractivity contribution is 5.82. The first-order chi connectivity index (χ1) is 13.1. The van der Waals surface area contributed by atoms with Gasteiger partial charge in [0.25, 0.3) is 0 Å². The van der Waals surface area contributed by atoms with Crippen LogP contribution in [0, 0.1) is 6.08 Å². The molecule has 1 atom stereocenters. The Kier molecular flexibility index (Phi) is 4.68. The van der Waals surface area contributed by atoms with Crippen molar-refractivity contribution in [3.63, 3.8) is 0 Å². The van der Waals surface area contributed by atoms with Gasteiger partial charge in [-0.3, -0.25) is 9.36 Å². The first-order valence-electron chi connectivity index (χ1n) is 8.63. The van der Waals surface area contributed by atoms with Crippen molar-refractivity contribution in [2.75, 3.05) is 11.9 Å². The van der Waals surface area contributed by atoms with Gasteiger partial charge in [-0.25, -0.2) is 4.98 Å². The van der Waals surface area contributed by atoms with E-state index in [2.05, 4.69) is 20.3 Å². The van der Waals surface area contributed by atoms with Crippen LogP contribution in [0.2, 0.25) is 0 Å². The van der Waals surface area contributed by atoms with Crippen LogP contribution >= 0.6 is 0 Å². The number of carbonyl (C=O) groups excluding carboxylic acids is 1. The number of esters is 1. The molecule has 1 N–H and O–H groups in total. The van der Waals surface area contributed by atoms with E-state index >= 15 is 0 Å². The third-order valence-corrected chi connectivity index (χ3v) is 4.23. The summed E-state index contributed by atoms with van der Waals surface area (Å²) in [5, 5.41) is 3.08. The molecule has 27 heavy (non-hydrogen) atoms. The van der Waals surface area contributed by atoms with Gasteiger partial charge in [-0.2, -0.15) is 14.4 Å². The third-order valence-electron chi connectivity index (χ3n) is 4.23. The summed E-state index contributed by atoms with van der Waals surface area (Å²) in [6, 6.07) is 7.06. The van der Waals surface area contributed by atoms with Gasteiger partial charge in [0.15, 0.2) is 17.0 Å². The first-order valence-corrected chi connectivity index (χ1v) is 8.63. The van der Waals surface area contributed by atoms with E-state index in [0.29, 0.717) is 35.9 Å². The van der Waals surface area contributed by atoms with Crippen LogP contribution in [0.25, 0.3) is 11.2 Å². The van der Waals surface area contributed by atoms with Crippen molar-refractivity contribution in [3.8, 4) is 5.75 Å². The Morgan fingerprint density at radius 3 is 3.11 bits per heavy atom. The van der Waals surface area contributed by atoms with E-state index in [1.807, 2.05) is 6.07 Å². The summed E-state index contributed by atoms with van der Waals surface area (Å²) in [5.41, 5.74) is 1.72. The Hall–Kier alpha value is -3.07. The molecule has 8 nitrogen and oxygen atoms in total. The highest BCUT2D eigenvalue weighted by Gasteiger charge is 2.22. The minimum Gasteiger partial charge on any atom is -0.427 e. The fraction of sp³-hybridized carbons (Fsp3) is 0.333. The lowest BCUT2D eigenvalue weighted by Crippen LogP contribution is -2.09. The molecule has 1 unspecified atom stereocenters. The summed E-state index contributed by atoms with van der Waals surface area (Å²) < 4.78 is 26.4. The number of carbonyl (C=O) groups is 1. The van der Waals surface area contributed by atoms with Crippen LogP contribution in [-0.4, -0.2) is 32.1 Å². The minimum atomic E-state index is -0.835. The van der Waals surface area contributed by atoms with Gasteiger partial charge in [-0.1, -0.05) is 12.1 Å². The van der Waals surface area contributed by atoms with Gasteiger partial charge in [-0.05, 0) is 30.5 Å². The van der Waals surface area contributed by atoms with Gasteiger partial charge < -0.3 is 14.8 Å². The standard InChI is InChI=1S/C18H18FN5O3/c1-11(25)27-13-5-2-4-12(8-13)9-20-16-15-17(23-18(19)22-16)24(10-21-15)14-6-3-7-26-14/h2,4-5,8,10,14H,3,6-7,9H2,1H3,(H,20,22,23). The molecule has 0 amide bonds.